The fourth-order valence-corrected chi connectivity index (χ4v) is 0.834. The van der Waals surface area contributed by atoms with Crippen LogP contribution >= 0.6 is 0 Å². The van der Waals surface area contributed by atoms with Crippen molar-refractivity contribution in [1.82, 2.24) is 0 Å². The van der Waals surface area contributed by atoms with Gasteiger partial charge in [0.25, 0.3) is 0 Å². The molecule has 0 bridgehead atoms. The Hall–Kier alpha value is -1.38. The van der Waals surface area contributed by atoms with E-state index in [0.29, 0.717) is 6.42 Å². The van der Waals surface area contributed by atoms with Crippen molar-refractivity contribution < 1.29 is 9.36 Å². The van der Waals surface area contributed by atoms with Crippen LogP contribution < -0.4 is 9.88 Å². The summed E-state index contributed by atoms with van der Waals surface area (Å²) >= 11 is 0. The van der Waals surface area contributed by atoms with Crippen molar-refractivity contribution in [3.05, 3.63) is 24.5 Å². The first kappa shape index (κ1) is 8.71. The van der Waals surface area contributed by atoms with Gasteiger partial charge in [0.05, 0.1) is 5.69 Å². The van der Waals surface area contributed by atoms with Crippen LogP contribution in [0.1, 0.15) is 13.3 Å². The molecule has 0 aromatic carbocycles. The average molecular weight is 165 g/mol. The lowest BCUT2D eigenvalue weighted by Gasteiger charge is -2.00. The summed E-state index contributed by atoms with van der Waals surface area (Å²) in [4.78, 5) is 10.9. The molecule has 0 unspecified atom stereocenters. The summed E-state index contributed by atoms with van der Waals surface area (Å²) in [6.45, 7) is 1.83. The number of pyridine rings is 1. The van der Waals surface area contributed by atoms with Crippen LogP contribution in [0.4, 0.5) is 5.69 Å². The molecule has 3 heteroatoms. The molecule has 0 fully saturated rings. The van der Waals surface area contributed by atoms with Crippen LogP contribution in [0.3, 0.4) is 0 Å². The van der Waals surface area contributed by atoms with Gasteiger partial charge in [-0.1, -0.05) is 6.92 Å². The lowest BCUT2D eigenvalue weighted by Crippen LogP contribution is -2.26. The molecule has 1 amide bonds. The molecular weight excluding hydrogens is 152 g/mol. The first-order chi connectivity index (χ1) is 5.72. The second-order valence-corrected chi connectivity index (χ2v) is 2.65. The summed E-state index contributed by atoms with van der Waals surface area (Å²) in [6, 6.07) is 3.74. The highest BCUT2D eigenvalue weighted by Gasteiger charge is 1.99. The molecule has 0 atom stereocenters. The van der Waals surface area contributed by atoms with Crippen molar-refractivity contribution in [3.63, 3.8) is 0 Å². The maximum absolute atomic E-state index is 10.9. The molecule has 64 valence electrons. The van der Waals surface area contributed by atoms with Gasteiger partial charge in [-0.3, -0.25) is 4.79 Å². The number of aryl methyl sites for hydroxylation is 1. The number of hydrogen-bond acceptors (Lipinski definition) is 1. The third kappa shape index (κ3) is 2.34. The zero-order chi connectivity index (χ0) is 8.97. The zero-order valence-corrected chi connectivity index (χ0v) is 7.37. The van der Waals surface area contributed by atoms with Crippen LogP contribution in [0.15, 0.2) is 24.5 Å². The molecule has 0 aliphatic rings. The van der Waals surface area contributed by atoms with Gasteiger partial charge in [0, 0.05) is 18.6 Å². The Kier molecular flexibility index (Phi) is 2.80. The molecule has 12 heavy (non-hydrogen) atoms. The molecule has 1 rings (SSSR count). The van der Waals surface area contributed by atoms with E-state index in [9.17, 15) is 4.79 Å². The van der Waals surface area contributed by atoms with E-state index in [1.807, 2.05) is 43.1 Å². The standard InChI is InChI=1S/C9H12N2O/c1-3-9(12)10-8-4-6-11(2)7-5-8/h4-7H,3H2,1-2H3/p+1. The second kappa shape index (κ2) is 3.85. The molecule has 0 spiro atoms. The van der Waals surface area contributed by atoms with Crippen LogP contribution in [0.5, 0.6) is 0 Å². The Labute approximate surface area is 72.0 Å². The first-order valence-electron chi connectivity index (χ1n) is 3.97. The zero-order valence-electron chi connectivity index (χ0n) is 7.37. The minimum absolute atomic E-state index is 0.0452. The number of anilines is 1. The van der Waals surface area contributed by atoms with Crippen molar-refractivity contribution in [3.8, 4) is 0 Å². The second-order valence-electron chi connectivity index (χ2n) is 2.65. The maximum Gasteiger partial charge on any atom is 0.224 e. The van der Waals surface area contributed by atoms with Gasteiger partial charge in [-0.05, 0) is 0 Å². The van der Waals surface area contributed by atoms with E-state index in [-0.39, 0.29) is 5.91 Å². The third-order valence-corrected chi connectivity index (χ3v) is 1.58. The number of rotatable bonds is 2. The Morgan fingerprint density at radius 2 is 2.08 bits per heavy atom. The van der Waals surface area contributed by atoms with Gasteiger partial charge in [0.15, 0.2) is 12.4 Å². The summed E-state index contributed by atoms with van der Waals surface area (Å²) in [7, 11) is 1.94. The quantitative estimate of drug-likeness (QED) is 0.648. The van der Waals surface area contributed by atoms with Gasteiger partial charge < -0.3 is 5.32 Å². The molecule has 3 nitrogen and oxygen atoms in total. The molecular formula is C9H13N2O+. The molecule has 0 radical (unpaired) electrons. The summed E-state index contributed by atoms with van der Waals surface area (Å²) in [5, 5.41) is 2.77. The summed E-state index contributed by atoms with van der Waals surface area (Å²) < 4.78 is 1.92. The molecule has 1 N–H and O–H groups in total. The molecule has 0 aliphatic heterocycles. The van der Waals surface area contributed by atoms with E-state index >= 15 is 0 Å². The van der Waals surface area contributed by atoms with Crippen LogP contribution in [0.25, 0.3) is 0 Å². The summed E-state index contributed by atoms with van der Waals surface area (Å²) in [6.07, 6.45) is 4.30. The van der Waals surface area contributed by atoms with Crippen LogP contribution in [0.2, 0.25) is 0 Å². The van der Waals surface area contributed by atoms with E-state index in [1.54, 1.807) is 0 Å². The molecule has 1 heterocycles. The summed E-state index contributed by atoms with van der Waals surface area (Å²) in [5.41, 5.74) is 0.847. The first-order valence-corrected chi connectivity index (χ1v) is 3.97. The Morgan fingerprint density at radius 1 is 1.50 bits per heavy atom. The predicted molar refractivity (Wildman–Crippen MR) is 46.5 cm³/mol. The van der Waals surface area contributed by atoms with E-state index in [4.69, 9.17) is 0 Å². The van der Waals surface area contributed by atoms with Gasteiger partial charge >= 0.3 is 0 Å². The van der Waals surface area contributed by atoms with Crippen LogP contribution in [-0.4, -0.2) is 5.91 Å². The number of nitrogens with one attached hydrogen (secondary N) is 1. The van der Waals surface area contributed by atoms with Gasteiger partial charge in [0.2, 0.25) is 5.91 Å². The lowest BCUT2D eigenvalue weighted by atomic mass is 10.3. The SMILES string of the molecule is CCC(=O)Nc1cc[n+](C)cc1. The Balaban J connectivity index is 2.64. The van der Waals surface area contributed by atoms with Crippen molar-refractivity contribution in [2.75, 3.05) is 5.32 Å². The van der Waals surface area contributed by atoms with Gasteiger partial charge in [-0.25, -0.2) is 4.57 Å². The fraction of sp³-hybridized carbons (Fsp3) is 0.333. The summed E-state index contributed by atoms with van der Waals surface area (Å²) in [5.74, 6) is 0.0452. The molecule has 0 saturated heterocycles. The Morgan fingerprint density at radius 3 is 2.58 bits per heavy atom. The molecule has 0 saturated carbocycles. The monoisotopic (exact) mass is 165 g/mol. The van der Waals surface area contributed by atoms with Gasteiger partial charge in [-0.2, -0.15) is 0 Å². The van der Waals surface area contributed by atoms with Crippen LogP contribution in [-0.2, 0) is 11.8 Å². The smallest absolute Gasteiger partial charge is 0.224 e. The van der Waals surface area contributed by atoms with Crippen molar-refractivity contribution in [1.29, 1.82) is 0 Å². The van der Waals surface area contributed by atoms with Crippen molar-refractivity contribution in [2.45, 2.75) is 13.3 Å². The highest BCUT2D eigenvalue weighted by molar-refractivity contribution is 5.90. The number of carbonyl (C=O) groups excluding carboxylic acids is 1. The third-order valence-electron chi connectivity index (χ3n) is 1.58. The lowest BCUT2D eigenvalue weighted by molar-refractivity contribution is -0.671. The van der Waals surface area contributed by atoms with Gasteiger partial charge in [-0.15, -0.1) is 0 Å². The minimum Gasteiger partial charge on any atom is -0.326 e. The number of aromatic nitrogens is 1. The number of hydrogen-bond donors (Lipinski definition) is 1. The number of carbonyl (C=O) groups is 1. The van der Waals surface area contributed by atoms with E-state index < -0.39 is 0 Å². The average Bonchev–Trinajstić information content (AvgIpc) is 2.09. The van der Waals surface area contributed by atoms with E-state index in [0.717, 1.165) is 5.69 Å². The minimum atomic E-state index is 0.0452. The Bertz CT molecular complexity index is 266. The molecule has 0 aliphatic carbocycles. The maximum atomic E-state index is 10.9. The van der Waals surface area contributed by atoms with Crippen LogP contribution in [0, 0.1) is 0 Å². The number of amides is 1. The highest BCUT2D eigenvalue weighted by atomic mass is 16.1. The van der Waals surface area contributed by atoms with Crippen molar-refractivity contribution >= 4 is 11.6 Å². The normalized spacial score (nSPS) is 9.50. The molecule has 1 aromatic heterocycles. The van der Waals surface area contributed by atoms with Crippen molar-refractivity contribution in [2.24, 2.45) is 7.05 Å². The topological polar surface area (TPSA) is 33.0 Å². The fourth-order valence-electron chi connectivity index (χ4n) is 0.834. The molecule has 1 aromatic rings. The predicted octanol–water partition coefficient (Wildman–Crippen LogP) is 0.860. The largest absolute Gasteiger partial charge is 0.326 e. The van der Waals surface area contributed by atoms with E-state index in [1.165, 1.54) is 0 Å². The van der Waals surface area contributed by atoms with Gasteiger partial charge in [0.1, 0.15) is 7.05 Å². The van der Waals surface area contributed by atoms with E-state index in [2.05, 4.69) is 5.32 Å². The number of nitrogens with zero attached hydrogens (tertiary/aromatic N) is 1. The highest BCUT2D eigenvalue weighted by Crippen LogP contribution is 2.02.